The molecule has 9 aromatic rings. The molecule has 0 nitrogen and oxygen atoms in total. The lowest BCUT2D eigenvalue weighted by Gasteiger charge is -2.19. The largest absolute Gasteiger partial charge is 0.0645 e. The van der Waals surface area contributed by atoms with E-state index in [0.29, 0.717) is 5.92 Å². The Bertz CT molecular complexity index is 2670. The zero-order valence-corrected chi connectivity index (χ0v) is 29.8. The molecule has 0 heteroatoms. The van der Waals surface area contributed by atoms with Gasteiger partial charge in [-0.15, -0.1) is 0 Å². The van der Waals surface area contributed by atoms with Gasteiger partial charge in [-0.2, -0.15) is 0 Å². The van der Waals surface area contributed by atoms with Crippen LogP contribution in [0.1, 0.15) is 30.4 Å². The van der Waals surface area contributed by atoms with E-state index in [4.69, 9.17) is 0 Å². The van der Waals surface area contributed by atoms with E-state index in [1.807, 2.05) is 0 Å². The molecule has 0 fully saturated rings. The Morgan fingerprint density at radius 1 is 0.302 bits per heavy atom. The molecule has 0 N–H and O–H groups in total. The Kier molecular flexibility index (Phi) is 7.62. The maximum Gasteiger partial charge on any atom is 0.00992 e. The Balaban J connectivity index is 1.12. The second-order valence-electron chi connectivity index (χ2n) is 14.3. The molecule has 10 rings (SSSR count). The molecule has 1 atom stereocenters. The summed E-state index contributed by atoms with van der Waals surface area (Å²) in [5.74, 6) is 0.425. The molecule has 0 bridgehead atoms. The predicted molar refractivity (Wildman–Crippen MR) is 226 cm³/mol. The lowest BCUT2D eigenvalue weighted by molar-refractivity contribution is 0.797. The third-order valence-electron chi connectivity index (χ3n) is 11.3. The van der Waals surface area contributed by atoms with Gasteiger partial charge in [0.25, 0.3) is 0 Å². The van der Waals surface area contributed by atoms with Gasteiger partial charge in [0.05, 0.1) is 0 Å². The van der Waals surface area contributed by atoms with E-state index in [1.54, 1.807) is 0 Å². The SMILES string of the molecule is CCC1c2ccccc2-c2ccc(-c3c4ccccc4c(-c4ccc(-c5cc(-c6ccccc6)cc(-c6ccccc6)c5)cc4)c4ccccc34)cc21. The van der Waals surface area contributed by atoms with Crippen molar-refractivity contribution < 1.29 is 0 Å². The third-order valence-corrected chi connectivity index (χ3v) is 11.3. The first kappa shape index (κ1) is 31.3. The van der Waals surface area contributed by atoms with Gasteiger partial charge in [0.1, 0.15) is 0 Å². The smallest absolute Gasteiger partial charge is 0.00992 e. The Morgan fingerprint density at radius 3 is 1.23 bits per heavy atom. The number of rotatable bonds is 6. The van der Waals surface area contributed by atoms with Crippen molar-refractivity contribution in [3.63, 3.8) is 0 Å². The van der Waals surface area contributed by atoms with Crippen LogP contribution in [0.3, 0.4) is 0 Å². The second-order valence-corrected chi connectivity index (χ2v) is 14.3. The van der Waals surface area contributed by atoms with Crippen molar-refractivity contribution >= 4 is 21.5 Å². The van der Waals surface area contributed by atoms with Gasteiger partial charge in [-0.05, 0) is 130 Å². The first-order valence-electron chi connectivity index (χ1n) is 18.8. The monoisotopic (exact) mass is 674 g/mol. The van der Waals surface area contributed by atoms with E-state index in [0.717, 1.165) is 6.42 Å². The molecule has 0 aliphatic heterocycles. The molecule has 0 saturated heterocycles. The van der Waals surface area contributed by atoms with Crippen LogP contribution in [0.5, 0.6) is 0 Å². The molecule has 0 radical (unpaired) electrons. The van der Waals surface area contributed by atoms with Crippen molar-refractivity contribution in [2.24, 2.45) is 0 Å². The van der Waals surface area contributed by atoms with Crippen LogP contribution in [-0.2, 0) is 0 Å². The van der Waals surface area contributed by atoms with Gasteiger partial charge >= 0.3 is 0 Å². The summed E-state index contributed by atoms with van der Waals surface area (Å²) in [6, 6.07) is 71.8. The van der Waals surface area contributed by atoms with Gasteiger partial charge < -0.3 is 0 Å². The summed E-state index contributed by atoms with van der Waals surface area (Å²) in [4.78, 5) is 0. The average molecular weight is 675 g/mol. The van der Waals surface area contributed by atoms with E-state index in [1.165, 1.54) is 99.4 Å². The first-order chi connectivity index (χ1) is 26.2. The summed E-state index contributed by atoms with van der Waals surface area (Å²) in [6.45, 7) is 2.32. The highest BCUT2D eigenvalue weighted by atomic mass is 14.3. The summed E-state index contributed by atoms with van der Waals surface area (Å²) in [5.41, 5.74) is 18.1. The van der Waals surface area contributed by atoms with E-state index in [2.05, 4.69) is 201 Å². The van der Waals surface area contributed by atoms with Crippen LogP contribution in [0.2, 0.25) is 0 Å². The van der Waals surface area contributed by atoms with Crippen LogP contribution < -0.4 is 0 Å². The normalized spacial score (nSPS) is 13.3. The molecule has 1 aliphatic carbocycles. The maximum atomic E-state index is 2.49. The molecule has 53 heavy (non-hydrogen) atoms. The lowest BCUT2D eigenvalue weighted by atomic mass is 9.84. The van der Waals surface area contributed by atoms with Gasteiger partial charge in [-0.25, -0.2) is 0 Å². The topological polar surface area (TPSA) is 0 Å². The Morgan fingerprint density at radius 2 is 0.698 bits per heavy atom. The fourth-order valence-electron chi connectivity index (χ4n) is 8.87. The standard InChI is InChI=1S/C53H38/c1-2-43-44-19-9-10-20-45(44)46-30-29-39(34-51(43)46)53-49-23-13-11-21-47(49)52(48-22-12-14-24-50(48)53)38-27-25-37(26-28-38)42-32-40(35-15-5-3-6-16-35)31-41(33-42)36-17-7-4-8-18-36/h3-34,43H,2H2,1H3. The molecular weight excluding hydrogens is 637 g/mol. The van der Waals surface area contributed by atoms with Gasteiger partial charge in [0, 0.05) is 5.92 Å². The third kappa shape index (κ3) is 5.30. The molecular formula is C53H38. The maximum absolute atomic E-state index is 2.49. The van der Waals surface area contributed by atoms with Gasteiger partial charge in [-0.3, -0.25) is 0 Å². The van der Waals surface area contributed by atoms with Crippen molar-refractivity contribution in [1.29, 1.82) is 0 Å². The Labute approximate surface area is 311 Å². The summed E-state index contributed by atoms with van der Waals surface area (Å²) >= 11 is 0. The van der Waals surface area contributed by atoms with Crippen molar-refractivity contribution in [3.05, 3.63) is 205 Å². The van der Waals surface area contributed by atoms with Crippen LogP contribution in [0.25, 0.3) is 88.3 Å². The fraction of sp³-hybridized carbons (Fsp3) is 0.0566. The van der Waals surface area contributed by atoms with Crippen LogP contribution in [0.4, 0.5) is 0 Å². The number of hydrogen-bond donors (Lipinski definition) is 0. The minimum absolute atomic E-state index is 0.425. The molecule has 9 aromatic carbocycles. The van der Waals surface area contributed by atoms with Gasteiger partial charge in [-0.1, -0.05) is 177 Å². The summed E-state index contributed by atoms with van der Waals surface area (Å²) in [5, 5.41) is 5.14. The molecule has 1 unspecified atom stereocenters. The summed E-state index contributed by atoms with van der Waals surface area (Å²) in [7, 11) is 0. The molecule has 1 aliphatic rings. The highest BCUT2D eigenvalue weighted by Gasteiger charge is 2.28. The summed E-state index contributed by atoms with van der Waals surface area (Å²) < 4.78 is 0. The first-order valence-corrected chi connectivity index (χ1v) is 18.8. The molecule has 250 valence electrons. The van der Waals surface area contributed by atoms with E-state index < -0.39 is 0 Å². The van der Waals surface area contributed by atoms with E-state index in [9.17, 15) is 0 Å². The fourth-order valence-corrected chi connectivity index (χ4v) is 8.87. The molecule has 0 amide bonds. The van der Waals surface area contributed by atoms with Crippen molar-refractivity contribution in [2.75, 3.05) is 0 Å². The Hall–Kier alpha value is -6.50. The molecule has 0 saturated carbocycles. The average Bonchev–Trinajstić information content (AvgIpc) is 3.56. The minimum Gasteiger partial charge on any atom is -0.0645 e. The van der Waals surface area contributed by atoms with Gasteiger partial charge in [0.2, 0.25) is 0 Å². The van der Waals surface area contributed by atoms with Crippen molar-refractivity contribution in [1.82, 2.24) is 0 Å². The molecule has 0 heterocycles. The van der Waals surface area contributed by atoms with E-state index in [-0.39, 0.29) is 0 Å². The van der Waals surface area contributed by atoms with E-state index >= 15 is 0 Å². The predicted octanol–water partition coefficient (Wildman–Crippen LogP) is 14.9. The quantitative estimate of drug-likeness (QED) is 0.154. The second kappa shape index (κ2) is 12.9. The highest BCUT2D eigenvalue weighted by Crippen LogP contribution is 2.50. The molecule has 0 spiro atoms. The van der Waals surface area contributed by atoms with Gasteiger partial charge in [0.15, 0.2) is 0 Å². The molecule has 0 aromatic heterocycles. The van der Waals surface area contributed by atoms with Crippen LogP contribution >= 0.6 is 0 Å². The van der Waals surface area contributed by atoms with Crippen LogP contribution in [-0.4, -0.2) is 0 Å². The highest BCUT2D eigenvalue weighted by molar-refractivity contribution is 6.21. The zero-order chi connectivity index (χ0) is 35.3. The lowest BCUT2D eigenvalue weighted by Crippen LogP contribution is -1.95. The van der Waals surface area contributed by atoms with Crippen LogP contribution in [0, 0.1) is 0 Å². The number of fused-ring (bicyclic) bond motifs is 5. The van der Waals surface area contributed by atoms with Crippen molar-refractivity contribution in [2.45, 2.75) is 19.3 Å². The number of hydrogen-bond acceptors (Lipinski definition) is 0. The summed E-state index contributed by atoms with van der Waals surface area (Å²) in [6.07, 6.45) is 1.09. The zero-order valence-electron chi connectivity index (χ0n) is 29.8. The van der Waals surface area contributed by atoms with Crippen LogP contribution in [0.15, 0.2) is 194 Å². The van der Waals surface area contributed by atoms with Crippen molar-refractivity contribution in [3.8, 4) is 66.8 Å². The number of benzene rings is 9. The minimum atomic E-state index is 0.425.